The fourth-order valence-electron chi connectivity index (χ4n) is 3.34. The van der Waals surface area contributed by atoms with Gasteiger partial charge >= 0.3 is 0 Å². The summed E-state index contributed by atoms with van der Waals surface area (Å²) >= 11 is 12.2. The molecule has 3 aromatic carbocycles. The van der Waals surface area contributed by atoms with Crippen molar-refractivity contribution in [3.05, 3.63) is 81.6 Å². The van der Waals surface area contributed by atoms with Crippen molar-refractivity contribution in [3.63, 3.8) is 0 Å². The summed E-state index contributed by atoms with van der Waals surface area (Å²) in [5.74, 6) is -10.6. The molecule has 3 aromatic rings. The van der Waals surface area contributed by atoms with Crippen molar-refractivity contribution in [3.8, 4) is 16.9 Å². The number of anilines is 1. The lowest BCUT2D eigenvalue weighted by Crippen LogP contribution is -2.53. The van der Waals surface area contributed by atoms with Gasteiger partial charge in [0.1, 0.15) is 11.6 Å². The second-order valence-electron chi connectivity index (χ2n) is 8.02. The van der Waals surface area contributed by atoms with Crippen LogP contribution in [0.2, 0.25) is 10.0 Å². The van der Waals surface area contributed by atoms with Crippen molar-refractivity contribution in [2.75, 3.05) is 11.5 Å². The number of hydrogen-bond acceptors (Lipinski definition) is 5. The molecule has 7 nitrogen and oxygen atoms in total. The Kier molecular flexibility index (Phi) is 8.13. The van der Waals surface area contributed by atoms with Crippen LogP contribution in [0.15, 0.2) is 54.6 Å². The Morgan fingerprint density at radius 2 is 1.76 bits per heavy atom. The minimum absolute atomic E-state index is 0.0868. The van der Waals surface area contributed by atoms with Crippen molar-refractivity contribution in [2.45, 2.75) is 18.7 Å². The first kappa shape index (κ1) is 28.3. The van der Waals surface area contributed by atoms with Crippen LogP contribution in [-0.4, -0.2) is 48.2 Å². The van der Waals surface area contributed by atoms with E-state index < -0.39 is 53.0 Å². The van der Waals surface area contributed by atoms with Crippen molar-refractivity contribution >= 4 is 48.5 Å². The van der Waals surface area contributed by atoms with Gasteiger partial charge in [0.05, 0.1) is 16.3 Å². The van der Waals surface area contributed by atoms with E-state index >= 15 is 0 Å². The standard InChI is InChI=1S/C24H18BCl2F3N2O5/c1-23(29,30)11-37-19-10-12(14-9-13(21(31)33)5-7-15(14)26)6-8-18(19)32(24(25,35)36)22(34)20-16(27)3-2-4-17(20)28/h2-10,35-36H,11H2,1H3,(H2,31,33). The highest BCUT2D eigenvalue weighted by atomic mass is 35.5. The van der Waals surface area contributed by atoms with Crippen molar-refractivity contribution < 1.29 is 37.7 Å². The molecule has 0 fully saturated rings. The highest BCUT2D eigenvalue weighted by molar-refractivity contribution is 6.35. The zero-order chi connectivity index (χ0) is 27.7. The summed E-state index contributed by atoms with van der Waals surface area (Å²) in [5.41, 5.74) is 4.56. The first-order valence-electron chi connectivity index (χ1n) is 10.4. The number of hydrogen-bond donors (Lipinski definition) is 3. The van der Waals surface area contributed by atoms with Gasteiger partial charge in [0, 0.05) is 23.1 Å². The van der Waals surface area contributed by atoms with E-state index in [2.05, 4.69) is 0 Å². The lowest BCUT2D eigenvalue weighted by Gasteiger charge is -2.35. The predicted molar refractivity (Wildman–Crippen MR) is 133 cm³/mol. The maximum atomic E-state index is 14.5. The minimum Gasteiger partial charge on any atom is -0.485 e. The molecule has 192 valence electrons. The number of amides is 2. The summed E-state index contributed by atoms with van der Waals surface area (Å²) < 4.78 is 47.0. The van der Waals surface area contributed by atoms with E-state index in [0.717, 1.165) is 18.2 Å². The lowest BCUT2D eigenvalue weighted by molar-refractivity contribution is -0.0805. The Hall–Kier alpha value is -3.25. The van der Waals surface area contributed by atoms with E-state index in [9.17, 15) is 33.0 Å². The Morgan fingerprint density at radius 1 is 1.08 bits per heavy atom. The molecular formula is C24H18BCl2F3N2O5. The summed E-state index contributed by atoms with van der Waals surface area (Å²) in [5, 5.41) is 20.2. The molecule has 0 aliphatic carbocycles. The third-order valence-corrected chi connectivity index (χ3v) is 5.60. The van der Waals surface area contributed by atoms with E-state index in [-0.39, 0.29) is 31.6 Å². The zero-order valence-electron chi connectivity index (χ0n) is 19.0. The number of carbonyl (C=O) groups excluding carboxylic acids is 2. The summed E-state index contributed by atoms with van der Waals surface area (Å²) in [4.78, 5) is 25.0. The van der Waals surface area contributed by atoms with Crippen LogP contribution in [0.5, 0.6) is 5.75 Å². The molecule has 13 heteroatoms. The molecule has 0 heterocycles. The smallest absolute Gasteiger partial charge is 0.278 e. The van der Waals surface area contributed by atoms with E-state index in [0.29, 0.717) is 6.92 Å². The first-order valence-corrected chi connectivity index (χ1v) is 11.1. The molecule has 0 saturated heterocycles. The molecule has 0 unspecified atom stereocenters. The van der Waals surface area contributed by atoms with Gasteiger partial charge in [-0.15, -0.1) is 0 Å². The van der Waals surface area contributed by atoms with Gasteiger partial charge < -0.3 is 20.7 Å². The average Bonchev–Trinajstić information content (AvgIpc) is 2.77. The van der Waals surface area contributed by atoms with Gasteiger partial charge in [-0.3, -0.25) is 14.5 Å². The van der Waals surface area contributed by atoms with Crippen LogP contribution < -0.4 is 15.4 Å². The normalized spacial score (nSPS) is 11.8. The minimum atomic E-state index is -3.46. The molecule has 0 saturated carbocycles. The number of halogens is 5. The number of rotatable bonds is 8. The summed E-state index contributed by atoms with van der Waals surface area (Å²) in [6.45, 7) is -0.632. The van der Waals surface area contributed by atoms with Gasteiger partial charge in [-0.05, 0) is 48.0 Å². The fourth-order valence-corrected chi connectivity index (χ4v) is 3.81. The number of benzene rings is 3. The van der Waals surface area contributed by atoms with Gasteiger partial charge in [0.25, 0.3) is 11.8 Å². The van der Waals surface area contributed by atoms with Crippen LogP contribution in [0, 0.1) is 5.82 Å². The molecule has 0 aromatic heterocycles. The fraction of sp³-hybridized carbons (Fsp3) is 0.167. The average molecular weight is 553 g/mol. The molecular weight excluding hydrogens is 535 g/mol. The van der Waals surface area contributed by atoms with Crippen LogP contribution in [0.25, 0.3) is 11.1 Å². The van der Waals surface area contributed by atoms with Crippen molar-refractivity contribution in [1.82, 2.24) is 0 Å². The zero-order valence-corrected chi connectivity index (χ0v) is 20.5. The van der Waals surface area contributed by atoms with Crippen LogP contribution in [0.1, 0.15) is 27.6 Å². The van der Waals surface area contributed by atoms with Gasteiger partial charge in [-0.1, -0.05) is 35.3 Å². The van der Waals surface area contributed by atoms with Crippen LogP contribution in [0.3, 0.4) is 0 Å². The third kappa shape index (κ3) is 6.55. The van der Waals surface area contributed by atoms with Crippen LogP contribution in [-0.2, 0) is 0 Å². The Labute approximate surface area is 220 Å². The number of alkyl halides is 2. The molecule has 0 spiro atoms. The second-order valence-corrected chi connectivity index (χ2v) is 8.84. The van der Waals surface area contributed by atoms with Crippen molar-refractivity contribution in [1.29, 1.82) is 0 Å². The molecule has 37 heavy (non-hydrogen) atoms. The second kappa shape index (κ2) is 10.6. The molecule has 2 amide bonds. The van der Waals surface area contributed by atoms with Crippen molar-refractivity contribution in [2.24, 2.45) is 5.73 Å². The van der Waals surface area contributed by atoms with Crippen LogP contribution >= 0.6 is 23.2 Å². The Bertz CT molecular complexity index is 1340. The highest BCUT2D eigenvalue weighted by Gasteiger charge is 2.37. The summed E-state index contributed by atoms with van der Waals surface area (Å²) in [7, 11) is 5.40. The van der Waals surface area contributed by atoms with E-state index in [4.69, 9.17) is 41.5 Å². The number of nitrogens with zero attached hydrogens (tertiary/aromatic N) is 1. The van der Waals surface area contributed by atoms with E-state index in [1.165, 1.54) is 36.4 Å². The topological polar surface area (TPSA) is 113 Å². The monoisotopic (exact) mass is 552 g/mol. The maximum Gasteiger partial charge on any atom is 0.278 e. The van der Waals surface area contributed by atoms with Gasteiger partial charge in [0.2, 0.25) is 5.91 Å². The number of nitrogens with two attached hydrogens (primary N) is 1. The molecule has 4 N–H and O–H groups in total. The summed E-state index contributed by atoms with van der Waals surface area (Å²) in [6, 6.07) is 10.9. The maximum absolute atomic E-state index is 14.5. The largest absolute Gasteiger partial charge is 0.485 e. The molecule has 0 aliphatic heterocycles. The predicted octanol–water partition coefficient (Wildman–Crippen LogP) is 4.34. The van der Waals surface area contributed by atoms with E-state index in [1.807, 2.05) is 0 Å². The van der Waals surface area contributed by atoms with Crippen LogP contribution in [0.4, 0.5) is 18.9 Å². The number of aliphatic hydroxyl groups is 2. The lowest BCUT2D eigenvalue weighted by atomic mass is 9.97. The number of carbonyl (C=O) groups is 2. The number of ether oxygens (including phenoxy) is 1. The molecule has 3 rings (SSSR count). The highest BCUT2D eigenvalue weighted by Crippen LogP contribution is 2.39. The SMILES string of the molecule is [B]C(O)(O)N(C(=O)c1c(F)cccc1Cl)c1ccc(-c2cc(C(N)=O)ccc2Cl)cc1OCC(C)(F)F. The Morgan fingerprint density at radius 3 is 2.32 bits per heavy atom. The number of primary amides is 1. The molecule has 0 bridgehead atoms. The van der Waals surface area contributed by atoms with E-state index in [1.54, 1.807) is 0 Å². The molecule has 0 atom stereocenters. The quantitative estimate of drug-likeness (QED) is 0.284. The van der Waals surface area contributed by atoms with Gasteiger partial charge in [-0.2, -0.15) is 0 Å². The first-order chi connectivity index (χ1) is 17.1. The molecule has 0 aliphatic rings. The van der Waals surface area contributed by atoms with Gasteiger partial charge in [-0.25, -0.2) is 13.2 Å². The third-order valence-electron chi connectivity index (χ3n) is 4.95. The Balaban J connectivity index is 2.23. The summed E-state index contributed by atoms with van der Waals surface area (Å²) in [6.07, 6.45) is 0. The van der Waals surface area contributed by atoms with Gasteiger partial charge in [0.15, 0.2) is 20.3 Å². The molecule has 2 radical (unpaired) electrons.